The van der Waals surface area contributed by atoms with E-state index < -0.39 is 11.8 Å². The van der Waals surface area contributed by atoms with Gasteiger partial charge in [-0.05, 0) is 12.2 Å². The zero-order chi connectivity index (χ0) is 16.2. The Morgan fingerprint density at radius 3 is 1.20 bits per heavy atom. The maximum absolute atomic E-state index is 9.47. The molecule has 0 saturated carbocycles. The minimum absolute atomic E-state index is 0.481. The van der Waals surface area contributed by atoms with Gasteiger partial charge in [-0.2, -0.15) is 0 Å². The molecule has 0 aromatic rings. The van der Waals surface area contributed by atoms with E-state index in [9.17, 15) is 9.59 Å². The second-order valence-corrected chi connectivity index (χ2v) is 3.29. The average molecular weight is 288 g/mol. The summed E-state index contributed by atoms with van der Waals surface area (Å²) < 4.78 is 0. The van der Waals surface area contributed by atoms with Gasteiger partial charge in [-0.25, -0.2) is 0 Å². The van der Waals surface area contributed by atoms with Crippen molar-refractivity contribution in [3.8, 4) is 0 Å². The van der Waals surface area contributed by atoms with Crippen LogP contribution in [0.2, 0.25) is 0 Å². The van der Waals surface area contributed by atoms with Crippen LogP contribution in [0.5, 0.6) is 0 Å². The van der Waals surface area contributed by atoms with E-state index in [0.29, 0.717) is 13.1 Å². The Labute approximate surface area is 120 Å². The molecule has 8 nitrogen and oxygen atoms in total. The van der Waals surface area contributed by atoms with Crippen molar-refractivity contribution in [2.45, 2.75) is 0 Å². The summed E-state index contributed by atoms with van der Waals surface area (Å²) >= 11 is 0. The first-order valence-electron chi connectivity index (χ1n) is 6.11. The highest BCUT2D eigenvalue weighted by atomic mass is 16.1. The SMILES string of the molecule is C=CC(N)=O.C=CC(N)=O.NCCNCCNCCN. The lowest BCUT2D eigenvalue weighted by molar-refractivity contribution is -0.114. The fourth-order valence-electron chi connectivity index (χ4n) is 0.631. The predicted octanol–water partition coefficient (Wildman–Crippen LogP) is -2.60. The van der Waals surface area contributed by atoms with Crippen molar-refractivity contribution in [3.05, 3.63) is 25.3 Å². The molecule has 0 aromatic heterocycles. The zero-order valence-corrected chi connectivity index (χ0v) is 11.9. The summed E-state index contributed by atoms with van der Waals surface area (Å²) in [7, 11) is 0. The smallest absolute Gasteiger partial charge is 0.240 e. The summed E-state index contributed by atoms with van der Waals surface area (Å²) in [6.07, 6.45) is 2.11. The van der Waals surface area contributed by atoms with Crippen molar-refractivity contribution < 1.29 is 9.59 Å². The molecule has 0 aliphatic rings. The largest absolute Gasteiger partial charge is 0.366 e. The van der Waals surface area contributed by atoms with Crippen LogP contribution in [0.4, 0.5) is 0 Å². The fourth-order valence-corrected chi connectivity index (χ4v) is 0.631. The first-order valence-corrected chi connectivity index (χ1v) is 6.11. The molecule has 2 amide bonds. The normalized spacial score (nSPS) is 8.30. The Morgan fingerprint density at radius 1 is 0.800 bits per heavy atom. The molecule has 8 heteroatoms. The first kappa shape index (κ1) is 23.4. The van der Waals surface area contributed by atoms with Crippen molar-refractivity contribution in [1.82, 2.24) is 10.6 Å². The molecule has 0 atom stereocenters. The van der Waals surface area contributed by atoms with Gasteiger partial charge in [-0.1, -0.05) is 13.2 Å². The van der Waals surface area contributed by atoms with Crippen LogP contribution in [0.1, 0.15) is 0 Å². The van der Waals surface area contributed by atoms with Gasteiger partial charge in [0.2, 0.25) is 11.8 Å². The number of carbonyl (C=O) groups excluding carboxylic acids is 2. The Kier molecular flexibility index (Phi) is 26.2. The Hall–Kier alpha value is -1.74. The van der Waals surface area contributed by atoms with Gasteiger partial charge in [0.1, 0.15) is 0 Å². The van der Waals surface area contributed by atoms with Crippen LogP contribution in [-0.4, -0.2) is 51.1 Å². The highest BCUT2D eigenvalue weighted by molar-refractivity contribution is 5.85. The molecule has 0 aromatic carbocycles. The van der Waals surface area contributed by atoms with E-state index in [2.05, 4.69) is 35.3 Å². The Morgan fingerprint density at radius 2 is 1.05 bits per heavy atom. The van der Waals surface area contributed by atoms with Crippen LogP contribution in [-0.2, 0) is 9.59 Å². The maximum Gasteiger partial charge on any atom is 0.240 e. The Balaban J connectivity index is -0.000000244. The fraction of sp³-hybridized carbons (Fsp3) is 0.500. The van der Waals surface area contributed by atoms with Crippen molar-refractivity contribution >= 4 is 11.8 Å². The van der Waals surface area contributed by atoms with Crippen LogP contribution >= 0.6 is 0 Å². The lowest BCUT2D eigenvalue weighted by atomic mass is 10.5. The molecular weight excluding hydrogens is 260 g/mol. The van der Waals surface area contributed by atoms with Crippen LogP contribution < -0.4 is 33.6 Å². The second-order valence-electron chi connectivity index (χ2n) is 3.29. The number of nitrogens with one attached hydrogen (secondary N) is 2. The molecule has 0 heterocycles. The van der Waals surface area contributed by atoms with Gasteiger partial charge < -0.3 is 33.6 Å². The first-order chi connectivity index (χ1) is 9.45. The quantitative estimate of drug-likeness (QED) is 0.201. The molecule has 0 radical (unpaired) electrons. The lowest BCUT2D eigenvalue weighted by Crippen LogP contribution is -2.32. The van der Waals surface area contributed by atoms with Gasteiger partial charge in [0.15, 0.2) is 0 Å². The number of rotatable bonds is 9. The third-order valence-electron chi connectivity index (χ3n) is 1.52. The van der Waals surface area contributed by atoms with Gasteiger partial charge in [0.05, 0.1) is 0 Å². The molecule has 0 aliphatic heterocycles. The number of amides is 2. The van der Waals surface area contributed by atoms with E-state index >= 15 is 0 Å². The Bertz CT molecular complexity index is 232. The van der Waals surface area contributed by atoms with Gasteiger partial charge in [0, 0.05) is 39.3 Å². The molecule has 0 aliphatic carbocycles. The van der Waals surface area contributed by atoms with Crippen molar-refractivity contribution in [3.63, 3.8) is 0 Å². The predicted molar refractivity (Wildman–Crippen MR) is 82.6 cm³/mol. The number of nitrogens with two attached hydrogens (primary N) is 4. The summed E-state index contributed by atoms with van der Waals surface area (Å²) in [6.45, 7) is 11.3. The maximum atomic E-state index is 9.47. The lowest BCUT2D eigenvalue weighted by Gasteiger charge is -2.03. The van der Waals surface area contributed by atoms with Crippen LogP contribution in [0.3, 0.4) is 0 Å². The molecule has 118 valence electrons. The monoisotopic (exact) mass is 288 g/mol. The molecule has 0 rings (SSSR count). The molecule has 0 bridgehead atoms. The number of primary amides is 2. The van der Waals surface area contributed by atoms with E-state index in [1.165, 1.54) is 0 Å². The molecule has 0 spiro atoms. The van der Waals surface area contributed by atoms with Crippen LogP contribution in [0.25, 0.3) is 0 Å². The van der Waals surface area contributed by atoms with Crippen LogP contribution in [0.15, 0.2) is 25.3 Å². The number of carbonyl (C=O) groups is 2. The highest BCUT2D eigenvalue weighted by Gasteiger charge is 1.83. The minimum Gasteiger partial charge on any atom is -0.366 e. The summed E-state index contributed by atoms with van der Waals surface area (Å²) in [6, 6.07) is 0. The topological polar surface area (TPSA) is 162 Å². The molecule has 0 unspecified atom stereocenters. The summed E-state index contributed by atoms with van der Waals surface area (Å²) in [5.74, 6) is -0.963. The second kappa shape index (κ2) is 22.4. The van der Waals surface area contributed by atoms with E-state index in [0.717, 1.165) is 38.3 Å². The van der Waals surface area contributed by atoms with E-state index in [4.69, 9.17) is 11.5 Å². The summed E-state index contributed by atoms with van der Waals surface area (Å²) in [5.41, 5.74) is 19.6. The molecule has 0 saturated heterocycles. The average Bonchev–Trinajstić information content (AvgIpc) is 2.44. The van der Waals surface area contributed by atoms with Crippen molar-refractivity contribution in [1.29, 1.82) is 0 Å². The number of hydrogen-bond donors (Lipinski definition) is 6. The third-order valence-corrected chi connectivity index (χ3v) is 1.52. The van der Waals surface area contributed by atoms with Crippen molar-refractivity contribution in [2.75, 3.05) is 39.3 Å². The molecular formula is C12H28N6O2. The third kappa shape index (κ3) is 44.2. The zero-order valence-electron chi connectivity index (χ0n) is 11.9. The van der Waals surface area contributed by atoms with Gasteiger partial charge in [0.25, 0.3) is 0 Å². The highest BCUT2D eigenvalue weighted by Crippen LogP contribution is 1.57. The van der Waals surface area contributed by atoms with Gasteiger partial charge in [-0.15, -0.1) is 0 Å². The van der Waals surface area contributed by atoms with E-state index in [1.54, 1.807) is 0 Å². The van der Waals surface area contributed by atoms with Crippen LogP contribution in [0, 0.1) is 0 Å². The van der Waals surface area contributed by atoms with Crippen molar-refractivity contribution in [2.24, 2.45) is 22.9 Å². The van der Waals surface area contributed by atoms with E-state index in [1.807, 2.05) is 0 Å². The summed E-state index contributed by atoms with van der Waals surface area (Å²) in [5, 5.41) is 6.33. The van der Waals surface area contributed by atoms with E-state index in [-0.39, 0.29) is 0 Å². The standard InChI is InChI=1S/C6H18N4.2C3H5NO/c7-1-3-9-5-6-10-4-2-8;2*1-2-3(4)5/h9-10H,1-8H2;2*2H,1H2,(H2,4,5). The minimum atomic E-state index is -0.481. The molecule has 10 N–H and O–H groups in total. The van der Waals surface area contributed by atoms with Gasteiger partial charge in [-0.3, -0.25) is 9.59 Å². The summed E-state index contributed by atoms with van der Waals surface area (Å²) in [4.78, 5) is 18.9. The molecule has 20 heavy (non-hydrogen) atoms. The number of hydrogen-bond acceptors (Lipinski definition) is 6. The van der Waals surface area contributed by atoms with Gasteiger partial charge >= 0.3 is 0 Å². The molecule has 0 fully saturated rings.